The van der Waals surface area contributed by atoms with E-state index in [1.54, 1.807) is 30.3 Å². The second-order valence-corrected chi connectivity index (χ2v) is 9.35. The summed E-state index contributed by atoms with van der Waals surface area (Å²) in [5.41, 5.74) is 3.49. The number of carbonyl (C=O) groups is 1. The van der Waals surface area contributed by atoms with Crippen molar-refractivity contribution in [2.75, 3.05) is 24.3 Å². The van der Waals surface area contributed by atoms with E-state index in [2.05, 4.69) is 15.0 Å². The van der Waals surface area contributed by atoms with Crippen LogP contribution in [0.15, 0.2) is 71.6 Å². The van der Waals surface area contributed by atoms with Gasteiger partial charge < -0.3 is 19.8 Å². The van der Waals surface area contributed by atoms with Gasteiger partial charge in [0.25, 0.3) is 10.0 Å². The molecule has 3 aromatic carbocycles. The van der Waals surface area contributed by atoms with Crippen LogP contribution in [0.5, 0.6) is 11.5 Å². The fourth-order valence-electron chi connectivity index (χ4n) is 3.76. The molecule has 0 spiro atoms. The Balaban J connectivity index is 1.56. The van der Waals surface area contributed by atoms with Crippen molar-refractivity contribution >= 4 is 38.2 Å². The largest absolute Gasteiger partial charge is 0.497 e. The van der Waals surface area contributed by atoms with Crippen molar-refractivity contribution in [3.8, 4) is 11.5 Å². The molecule has 0 atom stereocenters. The van der Waals surface area contributed by atoms with Gasteiger partial charge in [-0.3, -0.25) is 9.52 Å². The highest BCUT2D eigenvalue weighted by molar-refractivity contribution is 7.92. The summed E-state index contributed by atoms with van der Waals surface area (Å²) in [5, 5.41) is 3.78. The number of methoxy groups -OCH3 is 2. The number of para-hydroxylation sites is 1. The molecule has 34 heavy (non-hydrogen) atoms. The van der Waals surface area contributed by atoms with Gasteiger partial charge in [-0.25, -0.2) is 8.42 Å². The number of carbonyl (C=O) groups excluding carboxylic acids is 1. The number of benzene rings is 3. The highest BCUT2D eigenvalue weighted by atomic mass is 32.2. The van der Waals surface area contributed by atoms with Gasteiger partial charge in [0, 0.05) is 28.0 Å². The number of fused-ring (bicyclic) bond motifs is 1. The lowest BCUT2D eigenvalue weighted by Crippen LogP contribution is -2.17. The van der Waals surface area contributed by atoms with Crippen LogP contribution < -0.4 is 19.5 Å². The molecule has 4 aromatic rings. The molecule has 0 unspecified atom stereocenters. The minimum absolute atomic E-state index is 0.0908. The molecule has 0 bridgehead atoms. The summed E-state index contributed by atoms with van der Waals surface area (Å²) in [6.45, 7) is 1.92. The van der Waals surface area contributed by atoms with E-state index in [0.29, 0.717) is 17.1 Å². The highest BCUT2D eigenvalue weighted by Gasteiger charge is 2.21. The number of H-pyrrole nitrogens is 1. The average Bonchev–Trinajstić information content (AvgIpc) is 3.14. The quantitative estimate of drug-likeness (QED) is 0.345. The number of ether oxygens (including phenoxy) is 2. The molecular weight excluding hydrogens is 454 g/mol. The van der Waals surface area contributed by atoms with Crippen molar-refractivity contribution < 1.29 is 22.7 Å². The second-order valence-electron chi connectivity index (χ2n) is 7.70. The van der Waals surface area contributed by atoms with E-state index >= 15 is 0 Å². The Morgan fingerprint density at radius 2 is 1.65 bits per heavy atom. The fourth-order valence-corrected chi connectivity index (χ4v) is 5.02. The highest BCUT2D eigenvalue weighted by Crippen LogP contribution is 2.30. The molecule has 1 amide bonds. The lowest BCUT2D eigenvalue weighted by atomic mass is 10.1. The van der Waals surface area contributed by atoms with Crippen LogP contribution >= 0.6 is 0 Å². The summed E-state index contributed by atoms with van der Waals surface area (Å²) in [7, 11) is -1.07. The van der Waals surface area contributed by atoms with Gasteiger partial charge in [-0.15, -0.1) is 0 Å². The van der Waals surface area contributed by atoms with E-state index in [1.807, 2.05) is 31.2 Å². The summed E-state index contributed by atoms with van der Waals surface area (Å²) in [6.07, 6.45) is 0.147. The first-order valence-electron chi connectivity index (χ1n) is 10.5. The first-order chi connectivity index (χ1) is 16.3. The summed E-state index contributed by atoms with van der Waals surface area (Å²) >= 11 is 0. The Morgan fingerprint density at radius 3 is 2.35 bits per heavy atom. The zero-order chi connectivity index (χ0) is 24.3. The maximum atomic E-state index is 13.1. The molecule has 0 fully saturated rings. The number of sulfonamides is 1. The SMILES string of the molecule is COc1ccc(NS(=O)(=O)c2cc(NC(=O)Cc3c(C)[nH]c4ccccc34)ccc2OC)cc1. The average molecular weight is 480 g/mol. The van der Waals surface area contributed by atoms with Crippen LogP contribution in [0.1, 0.15) is 11.3 Å². The van der Waals surface area contributed by atoms with Crippen LogP contribution in [0.3, 0.4) is 0 Å². The number of anilines is 2. The molecule has 1 heterocycles. The molecule has 9 heteroatoms. The predicted molar refractivity (Wildman–Crippen MR) is 132 cm³/mol. The maximum absolute atomic E-state index is 13.1. The molecule has 0 aliphatic rings. The van der Waals surface area contributed by atoms with Crippen molar-refractivity contribution in [3.63, 3.8) is 0 Å². The lowest BCUT2D eigenvalue weighted by molar-refractivity contribution is -0.115. The van der Waals surface area contributed by atoms with Crippen LogP contribution in [-0.2, 0) is 21.2 Å². The molecule has 0 radical (unpaired) electrons. The Kier molecular flexibility index (Phi) is 6.47. The number of aryl methyl sites for hydroxylation is 1. The van der Waals surface area contributed by atoms with Gasteiger partial charge in [0.1, 0.15) is 16.4 Å². The number of rotatable bonds is 8. The van der Waals surface area contributed by atoms with E-state index in [9.17, 15) is 13.2 Å². The number of aromatic amines is 1. The van der Waals surface area contributed by atoms with Crippen LogP contribution in [0.4, 0.5) is 11.4 Å². The molecule has 0 aliphatic heterocycles. The number of hydrogen-bond acceptors (Lipinski definition) is 5. The van der Waals surface area contributed by atoms with Crippen LogP contribution in [-0.4, -0.2) is 33.5 Å². The zero-order valence-corrected chi connectivity index (χ0v) is 19.8. The van der Waals surface area contributed by atoms with Crippen molar-refractivity contribution in [2.24, 2.45) is 0 Å². The fraction of sp³-hybridized carbons (Fsp3) is 0.160. The zero-order valence-electron chi connectivity index (χ0n) is 19.0. The first kappa shape index (κ1) is 23.2. The predicted octanol–water partition coefficient (Wildman–Crippen LogP) is 4.48. The van der Waals surface area contributed by atoms with Gasteiger partial charge in [-0.1, -0.05) is 18.2 Å². The van der Waals surface area contributed by atoms with E-state index in [4.69, 9.17) is 9.47 Å². The summed E-state index contributed by atoms with van der Waals surface area (Å²) in [6, 6.07) is 18.8. The smallest absolute Gasteiger partial charge is 0.265 e. The Labute approximate surface area is 198 Å². The molecule has 0 saturated carbocycles. The third-order valence-electron chi connectivity index (χ3n) is 5.44. The minimum Gasteiger partial charge on any atom is -0.497 e. The molecule has 0 saturated heterocycles. The molecule has 1 aromatic heterocycles. The van der Waals surface area contributed by atoms with Gasteiger partial charge in [0.05, 0.1) is 20.6 Å². The molecule has 4 rings (SSSR count). The summed E-state index contributed by atoms with van der Waals surface area (Å²) in [5.74, 6) is 0.506. The van der Waals surface area contributed by atoms with E-state index in [-0.39, 0.29) is 23.0 Å². The van der Waals surface area contributed by atoms with Gasteiger partial charge in [-0.05, 0) is 61.0 Å². The third-order valence-corrected chi connectivity index (χ3v) is 6.85. The summed E-state index contributed by atoms with van der Waals surface area (Å²) in [4.78, 5) is 16.0. The number of hydrogen-bond donors (Lipinski definition) is 3. The number of amides is 1. The standard InChI is InChI=1S/C25H25N3O5S/c1-16-21(20-6-4-5-7-22(20)26-16)15-25(29)27-18-10-13-23(33-3)24(14-18)34(30,31)28-17-8-11-19(32-2)12-9-17/h4-14,26,28H,15H2,1-3H3,(H,27,29). The third kappa shape index (κ3) is 4.84. The van der Waals surface area contributed by atoms with Gasteiger partial charge in [0.2, 0.25) is 5.91 Å². The number of nitrogens with one attached hydrogen (secondary N) is 3. The topological polar surface area (TPSA) is 110 Å². The van der Waals surface area contributed by atoms with Crippen LogP contribution in [0.25, 0.3) is 10.9 Å². The molecule has 8 nitrogen and oxygen atoms in total. The maximum Gasteiger partial charge on any atom is 0.265 e. The first-order valence-corrected chi connectivity index (χ1v) is 12.0. The lowest BCUT2D eigenvalue weighted by Gasteiger charge is -2.14. The van der Waals surface area contributed by atoms with Gasteiger partial charge in [0.15, 0.2) is 0 Å². The second kappa shape index (κ2) is 9.48. The molecule has 176 valence electrons. The Hall–Kier alpha value is -3.98. The van der Waals surface area contributed by atoms with E-state index in [0.717, 1.165) is 22.2 Å². The van der Waals surface area contributed by atoms with Crippen LogP contribution in [0, 0.1) is 6.92 Å². The summed E-state index contributed by atoms with van der Waals surface area (Å²) < 4.78 is 39.0. The van der Waals surface area contributed by atoms with Crippen LogP contribution in [0.2, 0.25) is 0 Å². The Bertz CT molecular complexity index is 1440. The van der Waals surface area contributed by atoms with Crippen molar-refractivity contribution in [1.29, 1.82) is 0 Å². The molecule has 3 N–H and O–H groups in total. The van der Waals surface area contributed by atoms with Crippen molar-refractivity contribution in [2.45, 2.75) is 18.2 Å². The molecule has 0 aliphatic carbocycles. The van der Waals surface area contributed by atoms with Crippen molar-refractivity contribution in [3.05, 3.63) is 78.0 Å². The molecular formula is C25H25N3O5S. The van der Waals surface area contributed by atoms with Gasteiger partial charge in [-0.2, -0.15) is 0 Å². The number of aromatic nitrogens is 1. The minimum atomic E-state index is -3.99. The normalized spacial score (nSPS) is 11.3. The van der Waals surface area contributed by atoms with Gasteiger partial charge >= 0.3 is 0 Å². The van der Waals surface area contributed by atoms with E-state index < -0.39 is 10.0 Å². The van der Waals surface area contributed by atoms with E-state index in [1.165, 1.54) is 26.4 Å². The van der Waals surface area contributed by atoms with Crippen molar-refractivity contribution in [1.82, 2.24) is 4.98 Å². The Morgan fingerprint density at radius 1 is 0.941 bits per heavy atom. The monoisotopic (exact) mass is 479 g/mol.